The molecule has 4 nitrogen and oxygen atoms in total. The van der Waals surface area contributed by atoms with Gasteiger partial charge in [0.15, 0.2) is 0 Å². The minimum atomic E-state index is 0.562. The van der Waals surface area contributed by atoms with Gasteiger partial charge in [0.1, 0.15) is 0 Å². The van der Waals surface area contributed by atoms with Gasteiger partial charge in [0, 0.05) is 11.9 Å². The summed E-state index contributed by atoms with van der Waals surface area (Å²) in [4.78, 5) is 0. The van der Waals surface area contributed by atoms with Crippen LogP contribution in [0.25, 0.3) is 10.9 Å². The van der Waals surface area contributed by atoms with Crippen molar-refractivity contribution in [1.29, 1.82) is 0 Å². The Morgan fingerprint density at radius 1 is 1.35 bits per heavy atom. The lowest BCUT2D eigenvalue weighted by Crippen LogP contribution is -2.15. The maximum atomic E-state index is 5.54. The van der Waals surface area contributed by atoms with E-state index in [2.05, 4.69) is 28.5 Å². The van der Waals surface area contributed by atoms with E-state index in [1.54, 1.807) is 6.20 Å². The van der Waals surface area contributed by atoms with Crippen LogP contribution in [-0.2, 0) is 0 Å². The molecule has 0 saturated carbocycles. The van der Waals surface area contributed by atoms with Crippen LogP contribution in [0.3, 0.4) is 0 Å². The van der Waals surface area contributed by atoms with E-state index in [0.29, 0.717) is 5.92 Å². The van der Waals surface area contributed by atoms with Crippen molar-refractivity contribution in [3.8, 4) is 0 Å². The van der Waals surface area contributed by atoms with Crippen molar-refractivity contribution < 1.29 is 0 Å². The molecule has 3 N–H and O–H groups in total. The van der Waals surface area contributed by atoms with Crippen LogP contribution in [0.15, 0.2) is 30.5 Å². The van der Waals surface area contributed by atoms with Crippen LogP contribution in [-0.4, -0.2) is 23.3 Å². The molecule has 0 radical (unpaired) electrons. The maximum Gasteiger partial charge on any atom is 0.0950 e. The summed E-state index contributed by atoms with van der Waals surface area (Å²) in [5.41, 5.74) is 7.50. The van der Waals surface area contributed by atoms with Crippen LogP contribution in [0.5, 0.6) is 0 Å². The average Bonchev–Trinajstić information content (AvgIpc) is 2.36. The van der Waals surface area contributed by atoms with Gasteiger partial charge in [-0.15, -0.1) is 0 Å². The van der Waals surface area contributed by atoms with Crippen molar-refractivity contribution in [3.05, 3.63) is 30.5 Å². The number of nitrogens with one attached hydrogen (secondary N) is 1. The van der Waals surface area contributed by atoms with Gasteiger partial charge in [-0.3, -0.25) is 0 Å². The van der Waals surface area contributed by atoms with Gasteiger partial charge >= 0.3 is 0 Å². The molecule has 0 saturated heterocycles. The summed E-state index contributed by atoms with van der Waals surface area (Å²) in [6.45, 7) is 3.84. The lowest BCUT2D eigenvalue weighted by Gasteiger charge is -2.13. The highest BCUT2D eigenvalue weighted by Gasteiger charge is 2.04. The summed E-state index contributed by atoms with van der Waals surface area (Å²) < 4.78 is 0. The molecule has 90 valence electrons. The monoisotopic (exact) mass is 230 g/mol. The fourth-order valence-corrected chi connectivity index (χ4v) is 1.82. The first kappa shape index (κ1) is 11.8. The van der Waals surface area contributed by atoms with Gasteiger partial charge in [-0.25, -0.2) is 0 Å². The van der Waals surface area contributed by atoms with Crippen molar-refractivity contribution >= 4 is 16.6 Å². The quantitative estimate of drug-likeness (QED) is 0.825. The van der Waals surface area contributed by atoms with Gasteiger partial charge in [0.25, 0.3) is 0 Å². The second kappa shape index (κ2) is 5.59. The van der Waals surface area contributed by atoms with Crippen molar-refractivity contribution in [2.24, 2.45) is 11.7 Å². The summed E-state index contributed by atoms with van der Waals surface area (Å²) >= 11 is 0. The molecule has 0 spiro atoms. The van der Waals surface area contributed by atoms with E-state index in [1.165, 1.54) is 0 Å². The zero-order valence-corrected chi connectivity index (χ0v) is 10.1. The molecule has 1 aromatic heterocycles. The first-order valence-electron chi connectivity index (χ1n) is 5.95. The lowest BCUT2D eigenvalue weighted by atomic mass is 10.1. The van der Waals surface area contributed by atoms with Crippen molar-refractivity contribution in [2.45, 2.75) is 13.3 Å². The molecule has 4 heteroatoms. The third kappa shape index (κ3) is 2.91. The molecule has 1 aromatic carbocycles. The lowest BCUT2D eigenvalue weighted by molar-refractivity contribution is 0.568. The Bertz CT molecular complexity index is 478. The van der Waals surface area contributed by atoms with E-state index in [9.17, 15) is 0 Å². The van der Waals surface area contributed by atoms with E-state index in [-0.39, 0.29) is 0 Å². The van der Waals surface area contributed by atoms with Crippen molar-refractivity contribution in [3.63, 3.8) is 0 Å². The number of nitrogens with zero attached hydrogens (tertiary/aromatic N) is 2. The van der Waals surface area contributed by atoms with Crippen LogP contribution in [0.4, 0.5) is 5.69 Å². The van der Waals surface area contributed by atoms with Crippen LogP contribution in [0.2, 0.25) is 0 Å². The van der Waals surface area contributed by atoms with Crippen LogP contribution in [0.1, 0.15) is 13.3 Å². The number of anilines is 1. The first-order chi connectivity index (χ1) is 8.31. The Kier molecular flexibility index (Phi) is 3.88. The number of hydrogen-bond donors (Lipinski definition) is 2. The molecule has 1 atom stereocenters. The van der Waals surface area contributed by atoms with Gasteiger partial charge in [0.05, 0.1) is 17.4 Å². The maximum absolute atomic E-state index is 5.54. The fraction of sp³-hybridized carbons (Fsp3) is 0.385. The highest BCUT2D eigenvalue weighted by atomic mass is 15.1. The predicted molar refractivity (Wildman–Crippen MR) is 70.9 cm³/mol. The minimum Gasteiger partial charge on any atom is -0.383 e. The molecular weight excluding hydrogens is 212 g/mol. The highest BCUT2D eigenvalue weighted by molar-refractivity contribution is 5.90. The second-order valence-electron chi connectivity index (χ2n) is 4.34. The molecule has 0 amide bonds. The molecule has 0 bridgehead atoms. The number of nitrogens with two attached hydrogens (primary N) is 1. The van der Waals surface area contributed by atoms with Crippen LogP contribution >= 0.6 is 0 Å². The Labute approximate surface area is 101 Å². The van der Waals surface area contributed by atoms with Crippen LogP contribution in [0, 0.1) is 5.92 Å². The van der Waals surface area contributed by atoms with Gasteiger partial charge in [-0.1, -0.05) is 25.1 Å². The standard InChI is InChI=1S/C13H18N4/c1-10(6-7-14)8-15-13-9-16-17-12-5-3-2-4-11(12)13/h2-5,9-10H,6-8,14H2,1H3,(H,15,17). The molecule has 0 aliphatic heterocycles. The Morgan fingerprint density at radius 3 is 3.00 bits per heavy atom. The SMILES string of the molecule is CC(CCN)CNc1cnnc2ccccc12. The van der Waals surface area contributed by atoms with Gasteiger partial charge in [-0.2, -0.15) is 10.2 Å². The van der Waals surface area contributed by atoms with E-state index >= 15 is 0 Å². The summed E-state index contributed by atoms with van der Waals surface area (Å²) in [6, 6.07) is 8.01. The molecule has 17 heavy (non-hydrogen) atoms. The van der Waals surface area contributed by atoms with E-state index in [4.69, 9.17) is 5.73 Å². The molecule has 2 rings (SSSR count). The topological polar surface area (TPSA) is 63.8 Å². The number of rotatable bonds is 5. The molecule has 0 fully saturated rings. The Morgan fingerprint density at radius 2 is 2.18 bits per heavy atom. The molecule has 0 aliphatic carbocycles. The van der Waals surface area contributed by atoms with Gasteiger partial charge < -0.3 is 11.1 Å². The first-order valence-corrected chi connectivity index (χ1v) is 5.95. The van der Waals surface area contributed by atoms with E-state index < -0.39 is 0 Å². The normalized spacial score (nSPS) is 12.6. The molecule has 2 aromatic rings. The summed E-state index contributed by atoms with van der Waals surface area (Å²) in [6.07, 6.45) is 2.81. The zero-order valence-electron chi connectivity index (χ0n) is 10.1. The molecule has 0 aliphatic rings. The van der Waals surface area contributed by atoms with Gasteiger partial charge in [-0.05, 0) is 24.9 Å². The fourth-order valence-electron chi connectivity index (χ4n) is 1.82. The predicted octanol–water partition coefficient (Wildman–Crippen LogP) is 2.03. The minimum absolute atomic E-state index is 0.562. The average molecular weight is 230 g/mol. The van der Waals surface area contributed by atoms with Crippen molar-refractivity contribution in [1.82, 2.24) is 10.2 Å². The van der Waals surface area contributed by atoms with Crippen molar-refractivity contribution in [2.75, 3.05) is 18.4 Å². The summed E-state index contributed by atoms with van der Waals surface area (Å²) in [5, 5.41) is 12.6. The smallest absolute Gasteiger partial charge is 0.0950 e. The third-order valence-electron chi connectivity index (χ3n) is 2.85. The largest absolute Gasteiger partial charge is 0.383 e. The third-order valence-corrected chi connectivity index (χ3v) is 2.85. The number of aromatic nitrogens is 2. The van der Waals surface area contributed by atoms with Gasteiger partial charge in [0.2, 0.25) is 0 Å². The number of hydrogen-bond acceptors (Lipinski definition) is 4. The zero-order chi connectivity index (χ0) is 12.1. The Balaban J connectivity index is 2.13. The second-order valence-corrected chi connectivity index (χ2v) is 4.34. The highest BCUT2D eigenvalue weighted by Crippen LogP contribution is 2.20. The van der Waals surface area contributed by atoms with Crippen LogP contribution < -0.4 is 11.1 Å². The van der Waals surface area contributed by atoms with E-state index in [1.807, 2.05) is 18.2 Å². The van der Waals surface area contributed by atoms with E-state index in [0.717, 1.165) is 36.1 Å². The molecule has 1 heterocycles. The number of benzene rings is 1. The molecular formula is C13H18N4. The number of fused-ring (bicyclic) bond motifs is 1. The Hall–Kier alpha value is -1.68. The molecule has 1 unspecified atom stereocenters. The summed E-state index contributed by atoms with van der Waals surface area (Å²) in [7, 11) is 0. The summed E-state index contributed by atoms with van der Waals surface area (Å²) in [5.74, 6) is 0.562.